The van der Waals surface area contributed by atoms with Crippen LogP contribution in [0.3, 0.4) is 0 Å². The lowest BCUT2D eigenvalue weighted by Crippen LogP contribution is -2.46. The number of fused-ring (bicyclic) bond motifs is 1. The summed E-state index contributed by atoms with van der Waals surface area (Å²) in [6.45, 7) is 9.65. The molecule has 2 saturated heterocycles. The lowest BCUT2D eigenvalue weighted by molar-refractivity contribution is -0.152. The first-order chi connectivity index (χ1) is 15.1. The first kappa shape index (κ1) is 21.9. The number of aryl methyl sites for hydroxylation is 1. The molecule has 0 bridgehead atoms. The largest absolute Gasteiger partial charge is 0.466 e. The molecule has 1 aromatic carbocycles. The van der Waals surface area contributed by atoms with Gasteiger partial charge in [-0.1, -0.05) is 18.2 Å². The van der Waals surface area contributed by atoms with Crippen LogP contribution in [0.2, 0.25) is 0 Å². The average molecular weight is 426 g/mol. The number of amides is 1. The Morgan fingerprint density at radius 3 is 2.32 bits per heavy atom. The molecular weight excluding hydrogens is 390 g/mol. The summed E-state index contributed by atoms with van der Waals surface area (Å²) in [5.74, 6) is 0.250. The van der Waals surface area contributed by atoms with Gasteiger partial charge in [-0.25, -0.2) is 0 Å². The Kier molecular flexibility index (Phi) is 6.96. The third kappa shape index (κ3) is 4.79. The van der Waals surface area contributed by atoms with Crippen LogP contribution in [-0.2, 0) is 27.4 Å². The van der Waals surface area contributed by atoms with Gasteiger partial charge in [0, 0.05) is 49.2 Å². The number of likely N-dealkylation sites (tertiary alicyclic amines) is 2. The predicted molar refractivity (Wildman–Crippen MR) is 122 cm³/mol. The summed E-state index contributed by atoms with van der Waals surface area (Å²) in [5.41, 5.74) is 2.68. The zero-order valence-corrected chi connectivity index (χ0v) is 18.9. The number of esters is 1. The zero-order chi connectivity index (χ0) is 21.8. The third-order valence-electron chi connectivity index (χ3n) is 6.97. The van der Waals surface area contributed by atoms with Crippen molar-refractivity contribution in [2.45, 2.75) is 52.6 Å². The first-order valence-corrected chi connectivity index (χ1v) is 11.8. The van der Waals surface area contributed by atoms with Crippen molar-refractivity contribution < 1.29 is 14.3 Å². The molecular formula is C25H35N3O3. The van der Waals surface area contributed by atoms with Gasteiger partial charge in [0.2, 0.25) is 5.91 Å². The van der Waals surface area contributed by atoms with Gasteiger partial charge in [-0.2, -0.15) is 0 Å². The molecule has 0 atom stereocenters. The number of para-hydroxylation sites is 1. The van der Waals surface area contributed by atoms with Crippen LogP contribution in [-0.4, -0.2) is 59.0 Å². The second kappa shape index (κ2) is 9.86. The van der Waals surface area contributed by atoms with Crippen molar-refractivity contribution in [3.05, 3.63) is 36.0 Å². The lowest BCUT2D eigenvalue weighted by atomic mass is 9.92. The number of benzene rings is 1. The number of hydrogen-bond donors (Lipinski definition) is 0. The summed E-state index contributed by atoms with van der Waals surface area (Å²) in [5, 5.41) is 1.34. The number of hydrogen-bond acceptors (Lipinski definition) is 4. The van der Waals surface area contributed by atoms with E-state index in [9.17, 15) is 9.59 Å². The van der Waals surface area contributed by atoms with Gasteiger partial charge in [0.05, 0.1) is 12.5 Å². The van der Waals surface area contributed by atoms with Crippen LogP contribution >= 0.6 is 0 Å². The van der Waals surface area contributed by atoms with Gasteiger partial charge >= 0.3 is 5.97 Å². The lowest BCUT2D eigenvalue weighted by Gasteiger charge is -2.36. The highest BCUT2D eigenvalue weighted by molar-refractivity contribution is 5.84. The molecule has 0 aliphatic carbocycles. The number of piperidine rings is 2. The van der Waals surface area contributed by atoms with E-state index in [0.29, 0.717) is 19.7 Å². The molecule has 0 saturated carbocycles. The highest BCUT2D eigenvalue weighted by Gasteiger charge is 2.33. The van der Waals surface area contributed by atoms with E-state index in [2.05, 4.69) is 46.9 Å². The quantitative estimate of drug-likeness (QED) is 0.663. The number of ether oxygens (including phenoxy) is 1. The summed E-state index contributed by atoms with van der Waals surface area (Å²) in [6, 6.07) is 8.62. The van der Waals surface area contributed by atoms with Gasteiger partial charge in [-0.05, 0) is 64.3 Å². The Morgan fingerprint density at radius 1 is 0.968 bits per heavy atom. The number of aromatic nitrogens is 1. The van der Waals surface area contributed by atoms with Crippen molar-refractivity contribution in [2.75, 3.05) is 32.8 Å². The Labute approximate surface area is 185 Å². The second-order valence-electron chi connectivity index (χ2n) is 8.86. The van der Waals surface area contributed by atoms with E-state index in [-0.39, 0.29) is 23.7 Å². The van der Waals surface area contributed by atoms with E-state index in [0.717, 1.165) is 51.9 Å². The number of carbonyl (C=O) groups is 2. The van der Waals surface area contributed by atoms with Gasteiger partial charge in [0.1, 0.15) is 0 Å². The highest BCUT2D eigenvalue weighted by Crippen LogP contribution is 2.27. The van der Waals surface area contributed by atoms with Crippen molar-refractivity contribution in [2.24, 2.45) is 11.8 Å². The molecule has 0 unspecified atom stereocenters. The molecule has 2 aromatic rings. The summed E-state index contributed by atoms with van der Waals surface area (Å²) in [6.07, 6.45) is 5.58. The molecule has 1 aromatic heterocycles. The van der Waals surface area contributed by atoms with E-state index in [1.54, 1.807) is 0 Å². The molecule has 2 fully saturated rings. The first-order valence-electron chi connectivity index (χ1n) is 11.8. The van der Waals surface area contributed by atoms with E-state index in [4.69, 9.17) is 4.74 Å². The second-order valence-corrected chi connectivity index (χ2v) is 8.86. The van der Waals surface area contributed by atoms with Crippen LogP contribution in [0.15, 0.2) is 30.5 Å². The minimum absolute atomic E-state index is 0.0453. The van der Waals surface area contributed by atoms with Crippen LogP contribution < -0.4 is 0 Å². The molecule has 6 nitrogen and oxygen atoms in total. The van der Waals surface area contributed by atoms with Gasteiger partial charge < -0.3 is 14.2 Å². The fourth-order valence-corrected chi connectivity index (χ4v) is 5.14. The molecule has 168 valence electrons. The van der Waals surface area contributed by atoms with Crippen LogP contribution in [0, 0.1) is 11.8 Å². The summed E-state index contributed by atoms with van der Waals surface area (Å²) < 4.78 is 7.46. The minimum Gasteiger partial charge on any atom is -0.466 e. The number of nitrogens with zero attached hydrogens (tertiary/aromatic N) is 3. The summed E-state index contributed by atoms with van der Waals surface area (Å²) >= 11 is 0. The molecule has 6 heteroatoms. The summed E-state index contributed by atoms with van der Waals surface area (Å²) in [7, 11) is 0. The summed E-state index contributed by atoms with van der Waals surface area (Å²) in [4.78, 5) is 29.4. The molecule has 0 spiro atoms. The smallest absolute Gasteiger partial charge is 0.309 e. The predicted octanol–water partition coefficient (Wildman–Crippen LogP) is 3.67. The maximum Gasteiger partial charge on any atom is 0.309 e. The fourth-order valence-electron chi connectivity index (χ4n) is 5.14. The molecule has 3 heterocycles. The topological polar surface area (TPSA) is 54.8 Å². The maximum absolute atomic E-state index is 13.0. The molecule has 4 rings (SSSR count). The van der Waals surface area contributed by atoms with Crippen molar-refractivity contribution in [3.63, 3.8) is 0 Å². The van der Waals surface area contributed by atoms with Crippen molar-refractivity contribution in [3.8, 4) is 0 Å². The Morgan fingerprint density at radius 2 is 1.65 bits per heavy atom. The average Bonchev–Trinajstić information content (AvgIpc) is 3.17. The van der Waals surface area contributed by atoms with E-state index in [1.807, 2.05) is 11.8 Å². The zero-order valence-electron chi connectivity index (χ0n) is 18.9. The SMILES string of the molecule is CCOC(=O)C1CCN(C(=O)C2CCN(Cc3cn(CC)c4ccccc34)CC2)CC1. The van der Waals surface area contributed by atoms with Gasteiger partial charge in [0.25, 0.3) is 0 Å². The van der Waals surface area contributed by atoms with E-state index >= 15 is 0 Å². The van der Waals surface area contributed by atoms with Crippen molar-refractivity contribution in [1.29, 1.82) is 0 Å². The van der Waals surface area contributed by atoms with E-state index < -0.39 is 0 Å². The standard InChI is InChI=1S/C25H35N3O3/c1-3-27-18-21(22-7-5-6-8-23(22)27)17-26-13-9-19(10-14-26)24(29)28-15-11-20(12-16-28)25(30)31-4-2/h5-8,18-20H,3-4,9-17H2,1-2H3. The number of rotatable bonds is 6. The van der Waals surface area contributed by atoms with Gasteiger partial charge in [0.15, 0.2) is 0 Å². The fraction of sp³-hybridized carbons (Fsp3) is 0.600. The Bertz CT molecular complexity index is 906. The molecule has 0 radical (unpaired) electrons. The van der Waals surface area contributed by atoms with Crippen LogP contribution in [0.25, 0.3) is 10.9 Å². The normalized spacial score (nSPS) is 19.1. The molecule has 2 aliphatic heterocycles. The van der Waals surface area contributed by atoms with Gasteiger partial charge in [-0.15, -0.1) is 0 Å². The molecule has 31 heavy (non-hydrogen) atoms. The van der Waals surface area contributed by atoms with Crippen LogP contribution in [0.1, 0.15) is 45.1 Å². The molecule has 1 amide bonds. The van der Waals surface area contributed by atoms with Crippen molar-refractivity contribution in [1.82, 2.24) is 14.4 Å². The highest BCUT2D eigenvalue weighted by atomic mass is 16.5. The van der Waals surface area contributed by atoms with Crippen LogP contribution in [0.4, 0.5) is 0 Å². The maximum atomic E-state index is 13.0. The van der Waals surface area contributed by atoms with Crippen molar-refractivity contribution >= 4 is 22.8 Å². The minimum atomic E-state index is -0.104. The molecule has 0 N–H and O–H groups in total. The Balaban J connectivity index is 1.28. The Hall–Kier alpha value is -2.34. The number of carbonyl (C=O) groups excluding carboxylic acids is 2. The van der Waals surface area contributed by atoms with Crippen LogP contribution in [0.5, 0.6) is 0 Å². The van der Waals surface area contributed by atoms with Gasteiger partial charge in [-0.3, -0.25) is 14.5 Å². The third-order valence-corrected chi connectivity index (χ3v) is 6.97. The monoisotopic (exact) mass is 425 g/mol. The van der Waals surface area contributed by atoms with E-state index in [1.165, 1.54) is 16.5 Å². The molecule has 2 aliphatic rings.